The quantitative estimate of drug-likeness (QED) is 0.392. The van der Waals surface area contributed by atoms with Crippen LogP contribution in [0.4, 0.5) is 0 Å². The van der Waals surface area contributed by atoms with Gasteiger partial charge in [0.2, 0.25) is 10.0 Å². The van der Waals surface area contributed by atoms with Crippen molar-refractivity contribution in [2.75, 3.05) is 31.9 Å². The zero-order valence-corrected chi connectivity index (χ0v) is 11.2. The molecule has 0 atom stereocenters. The number of sulfonamides is 1. The van der Waals surface area contributed by atoms with Crippen LogP contribution in [0.3, 0.4) is 0 Å². The Morgan fingerprint density at radius 2 is 2.29 bits per heavy atom. The molecule has 1 fully saturated rings. The number of rotatable bonds is 6. The number of aliphatic imine (C=N–C) groups is 1. The van der Waals surface area contributed by atoms with E-state index in [-0.39, 0.29) is 5.75 Å². The van der Waals surface area contributed by atoms with Crippen molar-refractivity contribution in [3.63, 3.8) is 0 Å². The highest BCUT2D eigenvalue weighted by molar-refractivity contribution is 7.89. The molecule has 0 saturated carbocycles. The third kappa shape index (κ3) is 4.91. The second kappa shape index (κ2) is 6.80. The van der Waals surface area contributed by atoms with E-state index in [1.54, 1.807) is 0 Å². The SMILES string of the molecule is CCCCN=C(N)NCCN1CCCS1(=O)=O. The largest absolute Gasteiger partial charge is 0.370 e. The molecule has 0 aromatic heterocycles. The standard InChI is InChI=1S/C10H22N4O2S/c1-2-3-5-12-10(11)13-6-8-14-7-4-9-17(14,15)16/h2-9H2,1H3,(H3,11,12,13). The second-order valence-corrected chi connectivity index (χ2v) is 6.20. The third-order valence-electron chi connectivity index (χ3n) is 2.66. The van der Waals surface area contributed by atoms with Gasteiger partial charge in [0, 0.05) is 26.2 Å². The van der Waals surface area contributed by atoms with E-state index in [9.17, 15) is 8.42 Å². The molecule has 3 N–H and O–H groups in total. The van der Waals surface area contributed by atoms with Crippen LogP contribution >= 0.6 is 0 Å². The van der Waals surface area contributed by atoms with Crippen molar-refractivity contribution in [2.45, 2.75) is 26.2 Å². The Kier molecular flexibility index (Phi) is 5.70. The number of hydrogen-bond acceptors (Lipinski definition) is 3. The number of guanidine groups is 1. The van der Waals surface area contributed by atoms with Crippen LogP contribution in [0.5, 0.6) is 0 Å². The van der Waals surface area contributed by atoms with Crippen molar-refractivity contribution in [3.8, 4) is 0 Å². The van der Waals surface area contributed by atoms with Gasteiger partial charge in [-0.3, -0.25) is 4.99 Å². The van der Waals surface area contributed by atoms with E-state index >= 15 is 0 Å². The number of unbranched alkanes of at least 4 members (excludes halogenated alkanes) is 1. The van der Waals surface area contributed by atoms with Crippen molar-refractivity contribution in [1.82, 2.24) is 9.62 Å². The van der Waals surface area contributed by atoms with Crippen molar-refractivity contribution in [2.24, 2.45) is 10.7 Å². The van der Waals surface area contributed by atoms with Gasteiger partial charge in [-0.05, 0) is 12.8 Å². The van der Waals surface area contributed by atoms with Gasteiger partial charge >= 0.3 is 0 Å². The van der Waals surface area contributed by atoms with E-state index in [2.05, 4.69) is 17.2 Å². The Hall–Kier alpha value is -0.820. The minimum Gasteiger partial charge on any atom is -0.370 e. The minimum absolute atomic E-state index is 0.271. The molecule has 7 heteroatoms. The van der Waals surface area contributed by atoms with Gasteiger partial charge in [-0.1, -0.05) is 13.3 Å². The Morgan fingerprint density at radius 3 is 2.88 bits per heavy atom. The van der Waals surface area contributed by atoms with Crippen LogP contribution in [0.1, 0.15) is 26.2 Å². The monoisotopic (exact) mass is 262 g/mol. The Balaban J connectivity index is 2.21. The molecule has 0 unspecified atom stereocenters. The smallest absolute Gasteiger partial charge is 0.214 e. The lowest BCUT2D eigenvalue weighted by atomic mass is 10.3. The minimum atomic E-state index is -2.99. The first-order valence-electron chi connectivity index (χ1n) is 6.08. The van der Waals surface area contributed by atoms with Gasteiger partial charge in [-0.15, -0.1) is 0 Å². The number of nitrogens with zero attached hydrogens (tertiary/aromatic N) is 2. The summed E-state index contributed by atoms with van der Waals surface area (Å²) in [7, 11) is -2.99. The molecule has 0 radical (unpaired) electrons. The van der Waals surface area contributed by atoms with Crippen LogP contribution in [0.15, 0.2) is 4.99 Å². The normalized spacial score (nSPS) is 20.6. The maximum Gasteiger partial charge on any atom is 0.214 e. The van der Waals surface area contributed by atoms with Crippen LogP contribution < -0.4 is 11.1 Å². The zero-order valence-electron chi connectivity index (χ0n) is 10.4. The highest BCUT2D eigenvalue weighted by Gasteiger charge is 2.27. The Bertz CT molecular complexity index is 353. The molecule has 0 aromatic carbocycles. The predicted molar refractivity (Wildman–Crippen MR) is 69.4 cm³/mol. The fourth-order valence-corrected chi connectivity index (χ4v) is 3.19. The topological polar surface area (TPSA) is 87.8 Å². The predicted octanol–water partition coefficient (Wildman–Crippen LogP) is -0.274. The van der Waals surface area contributed by atoms with Gasteiger partial charge in [0.15, 0.2) is 5.96 Å². The van der Waals surface area contributed by atoms with Crippen LogP contribution in [-0.4, -0.2) is 50.6 Å². The Labute approximate surface area is 103 Å². The summed E-state index contributed by atoms with van der Waals surface area (Å²) in [6, 6.07) is 0. The fourth-order valence-electron chi connectivity index (χ4n) is 1.66. The zero-order chi connectivity index (χ0) is 12.7. The van der Waals surface area contributed by atoms with Crippen LogP contribution in [0.25, 0.3) is 0 Å². The van der Waals surface area contributed by atoms with E-state index in [4.69, 9.17) is 5.73 Å². The van der Waals surface area contributed by atoms with Crippen molar-refractivity contribution >= 4 is 16.0 Å². The summed E-state index contributed by atoms with van der Waals surface area (Å²) in [4.78, 5) is 4.13. The first-order valence-corrected chi connectivity index (χ1v) is 7.69. The van der Waals surface area contributed by atoms with Crippen molar-refractivity contribution in [1.29, 1.82) is 0 Å². The number of hydrogen-bond donors (Lipinski definition) is 2. The molecular weight excluding hydrogens is 240 g/mol. The first-order chi connectivity index (χ1) is 8.06. The fraction of sp³-hybridized carbons (Fsp3) is 0.900. The number of nitrogens with one attached hydrogen (secondary N) is 1. The molecule has 1 rings (SSSR count). The first kappa shape index (κ1) is 14.2. The van der Waals surface area contributed by atoms with Crippen LogP contribution in [0, 0.1) is 0 Å². The summed E-state index contributed by atoms with van der Waals surface area (Å²) in [6.45, 7) is 4.42. The summed E-state index contributed by atoms with van der Waals surface area (Å²) >= 11 is 0. The van der Waals surface area contributed by atoms with Crippen LogP contribution in [-0.2, 0) is 10.0 Å². The second-order valence-electron chi connectivity index (χ2n) is 4.12. The van der Waals surface area contributed by atoms with Gasteiger partial charge in [0.05, 0.1) is 5.75 Å². The average molecular weight is 262 g/mol. The van der Waals surface area contributed by atoms with E-state index < -0.39 is 10.0 Å². The summed E-state index contributed by atoms with van der Waals surface area (Å²) in [5.41, 5.74) is 5.64. The van der Waals surface area contributed by atoms with Crippen molar-refractivity contribution < 1.29 is 8.42 Å². The van der Waals surface area contributed by atoms with Gasteiger partial charge in [0.25, 0.3) is 0 Å². The highest BCUT2D eigenvalue weighted by Crippen LogP contribution is 2.11. The van der Waals surface area contributed by atoms with Crippen LogP contribution in [0.2, 0.25) is 0 Å². The molecule has 1 aliphatic heterocycles. The summed E-state index contributed by atoms with van der Waals surface area (Å²) in [5, 5.41) is 2.93. The van der Waals surface area contributed by atoms with Gasteiger partial charge in [-0.2, -0.15) is 0 Å². The average Bonchev–Trinajstić information content (AvgIpc) is 2.59. The molecule has 1 aliphatic rings. The Morgan fingerprint density at radius 1 is 1.53 bits per heavy atom. The van der Waals surface area contributed by atoms with E-state index in [0.717, 1.165) is 25.8 Å². The molecule has 6 nitrogen and oxygen atoms in total. The molecule has 0 bridgehead atoms. The van der Waals surface area contributed by atoms with E-state index in [1.807, 2.05) is 0 Å². The van der Waals surface area contributed by atoms with Gasteiger partial charge in [-0.25, -0.2) is 12.7 Å². The lowest BCUT2D eigenvalue weighted by Crippen LogP contribution is -2.39. The lowest BCUT2D eigenvalue weighted by molar-refractivity contribution is 0.445. The maximum atomic E-state index is 11.5. The molecule has 0 spiro atoms. The molecule has 0 aliphatic carbocycles. The van der Waals surface area contributed by atoms with E-state index in [0.29, 0.717) is 25.6 Å². The summed E-state index contributed by atoms with van der Waals surface area (Å²) in [6.07, 6.45) is 2.83. The molecule has 100 valence electrons. The van der Waals surface area contributed by atoms with E-state index in [1.165, 1.54) is 4.31 Å². The molecule has 17 heavy (non-hydrogen) atoms. The number of nitrogens with two attached hydrogens (primary N) is 1. The van der Waals surface area contributed by atoms with Gasteiger partial charge in [0.1, 0.15) is 0 Å². The summed E-state index contributed by atoms with van der Waals surface area (Å²) < 4.78 is 24.5. The summed E-state index contributed by atoms with van der Waals surface area (Å²) in [5.74, 6) is 0.669. The third-order valence-corrected chi connectivity index (χ3v) is 4.62. The van der Waals surface area contributed by atoms with Crippen molar-refractivity contribution in [3.05, 3.63) is 0 Å². The maximum absolute atomic E-state index is 11.5. The molecular formula is C10H22N4O2S. The van der Waals surface area contributed by atoms with Gasteiger partial charge < -0.3 is 11.1 Å². The highest BCUT2D eigenvalue weighted by atomic mass is 32.2. The molecule has 0 amide bonds. The molecule has 1 saturated heterocycles. The molecule has 0 aromatic rings. The molecule has 1 heterocycles. The lowest BCUT2D eigenvalue weighted by Gasteiger charge is -2.14.